The van der Waals surface area contributed by atoms with Crippen LogP contribution in [0, 0.1) is 12.3 Å². The van der Waals surface area contributed by atoms with Gasteiger partial charge in [0.25, 0.3) is 0 Å². The molecule has 32 heavy (non-hydrogen) atoms. The van der Waals surface area contributed by atoms with Gasteiger partial charge in [-0.05, 0) is 30.4 Å². The second-order valence-corrected chi connectivity index (χ2v) is 10.8. The van der Waals surface area contributed by atoms with E-state index in [1.54, 1.807) is 9.58 Å². The van der Waals surface area contributed by atoms with Crippen molar-refractivity contribution < 1.29 is 9.59 Å². The van der Waals surface area contributed by atoms with Crippen LogP contribution >= 0.6 is 0 Å². The van der Waals surface area contributed by atoms with Crippen molar-refractivity contribution in [2.24, 2.45) is 5.41 Å². The molecule has 176 valence electrons. The topological polar surface area (TPSA) is 67.2 Å². The summed E-state index contributed by atoms with van der Waals surface area (Å²) in [6, 6.07) is 9.89. The fourth-order valence-electron chi connectivity index (χ4n) is 3.38. The van der Waals surface area contributed by atoms with Gasteiger partial charge in [0.2, 0.25) is 11.8 Å². The Balaban J connectivity index is 2.29. The zero-order chi connectivity index (χ0) is 24.1. The number of para-hydroxylation sites is 1. The first-order valence-electron chi connectivity index (χ1n) is 11.6. The van der Waals surface area contributed by atoms with Gasteiger partial charge in [0.05, 0.1) is 17.9 Å². The van der Waals surface area contributed by atoms with E-state index >= 15 is 0 Å². The molecule has 0 saturated carbocycles. The first-order chi connectivity index (χ1) is 14.8. The van der Waals surface area contributed by atoms with Crippen molar-refractivity contribution in [1.29, 1.82) is 0 Å². The molecule has 0 bridgehead atoms. The van der Waals surface area contributed by atoms with Crippen LogP contribution in [-0.2, 0) is 15.0 Å². The summed E-state index contributed by atoms with van der Waals surface area (Å²) in [6.07, 6.45) is 2.26. The summed E-state index contributed by atoms with van der Waals surface area (Å²) in [4.78, 5) is 27.6. The van der Waals surface area contributed by atoms with E-state index in [1.165, 1.54) is 0 Å². The van der Waals surface area contributed by atoms with E-state index in [0.29, 0.717) is 18.8 Å². The van der Waals surface area contributed by atoms with Gasteiger partial charge in [-0.1, -0.05) is 73.1 Å². The van der Waals surface area contributed by atoms with Gasteiger partial charge in [-0.15, -0.1) is 0 Å². The van der Waals surface area contributed by atoms with Crippen LogP contribution in [0.4, 0.5) is 5.82 Å². The average Bonchev–Trinajstić information content (AvgIpc) is 3.08. The van der Waals surface area contributed by atoms with Crippen molar-refractivity contribution >= 4 is 17.6 Å². The Morgan fingerprint density at radius 1 is 1.09 bits per heavy atom. The maximum atomic E-state index is 13.0. The molecule has 0 aliphatic heterocycles. The number of anilines is 1. The zero-order valence-corrected chi connectivity index (χ0v) is 21.1. The normalized spacial score (nSPS) is 12.0. The molecule has 6 nitrogen and oxygen atoms in total. The maximum absolute atomic E-state index is 13.0. The molecule has 0 fully saturated rings. The van der Waals surface area contributed by atoms with Crippen molar-refractivity contribution in [2.45, 2.75) is 80.1 Å². The highest BCUT2D eigenvalue weighted by Crippen LogP contribution is 2.27. The predicted octanol–water partition coefficient (Wildman–Crippen LogP) is 5.48. The lowest BCUT2D eigenvalue weighted by molar-refractivity contribution is -0.136. The molecule has 0 aliphatic carbocycles. The molecule has 1 aromatic heterocycles. The van der Waals surface area contributed by atoms with E-state index in [2.05, 4.69) is 33.0 Å². The van der Waals surface area contributed by atoms with Crippen molar-refractivity contribution in [2.75, 3.05) is 18.4 Å². The van der Waals surface area contributed by atoms with Crippen LogP contribution in [0.15, 0.2) is 30.3 Å². The molecule has 1 aromatic carbocycles. The average molecular weight is 441 g/mol. The molecule has 1 heterocycles. The van der Waals surface area contributed by atoms with E-state index in [-0.39, 0.29) is 29.2 Å². The second kappa shape index (κ2) is 10.3. The minimum Gasteiger partial charge on any atom is -0.333 e. The summed E-state index contributed by atoms with van der Waals surface area (Å²) in [6.45, 7) is 17.1. The molecule has 0 saturated heterocycles. The van der Waals surface area contributed by atoms with E-state index < -0.39 is 0 Å². The van der Waals surface area contributed by atoms with Crippen molar-refractivity contribution in [1.82, 2.24) is 14.7 Å². The van der Waals surface area contributed by atoms with Crippen LogP contribution in [0.2, 0.25) is 0 Å². The highest BCUT2D eigenvalue weighted by Gasteiger charge is 2.25. The van der Waals surface area contributed by atoms with Crippen LogP contribution in [0.5, 0.6) is 0 Å². The number of benzene rings is 1. The summed E-state index contributed by atoms with van der Waals surface area (Å²) in [5, 5.41) is 7.82. The van der Waals surface area contributed by atoms with Gasteiger partial charge in [-0.25, -0.2) is 4.68 Å². The zero-order valence-electron chi connectivity index (χ0n) is 21.1. The third-order valence-corrected chi connectivity index (χ3v) is 5.24. The first-order valence-corrected chi connectivity index (χ1v) is 11.6. The molecule has 2 rings (SSSR count). The number of unbranched alkanes of at least 4 members (excludes halogenated alkanes) is 1. The van der Waals surface area contributed by atoms with E-state index in [1.807, 2.05) is 58.0 Å². The second-order valence-electron chi connectivity index (χ2n) is 10.8. The van der Waals surface area contributed by atoms with Crippen molar-refractivity contribution in [3.63, 3.8) is 0 Å². The van der Waals surface area contributed by atoms with Crippen LogP contribution in [0.25, 0.3) is 5.69 Å². The minimum absolute atomic E-state index is 0.0175. The quantitative estimate of drug-likeness (QED) is 0.591. The monoisotopic (exact) mass is 440 g/mol. The molecule has 0 unspecified atom stereocenters. The van der Waals surface area contributed by atoms with Gasteiger partial charge < -0.3 is 10.2 Å². The number of amides is 2. The fourth-order valence-corrected chi connectivity index (χ4v) is 3.38. The van der Waals surface area contributed by atoms with Gasteiger partial charge in [-0.2, -0.15) is 5.10 Å². The van der Waals surface area contributed by atoms with Gasteiger partial charge in [0.1, 0.15) is 5.82 Å². The summed E-state index contributed by atoms with van der Waals surface area (Å²) < 4.78 is 1.79. The third-order valence-electron chi connectivity index (χ3n) is 5.24. The lowest BCUT2D eigenvalue weighted by Crippen LogP contribution is -2.40. The molecule has 0 spiro atoms. The van der Waals surface area contributed by atoms with Crippen molar-refractivity contribution in [3.8, 4) is 5.69 Å². The highest BCUT2D eigenvalue weighted by atomic mass is 16.2. The minimum atomic E-state index is -0.210. The molecule has 0 aliphatic rings. The Hall–Kier alpha value is -2.63. The lowest BCUT2D eigenvalue weighted by atomic mass is 9.91. The Bertz CT molecular complexity index is 932. The molecular weight excluding hydrogens is 400 g/mol. The van der Waals surface area contributed by atoms with Crippen LogP contribution in [-0.4, -0.2) is 39.6 Å². The van der Waals surface area contributed by atoms with Crippen LogP contribution in [0.1, 0.15) is 79.0 Å². The smallest absolute Gasteiger partial charge is 0.245 e. The number of hydrogen-bond acceptors (Lipinski definition) is 3. The number of aromatic nitrogens is 2. The summed E-state index contributed by atoms with van der Waals surface area (Å²) in [7, 11) is 0. The Kier molecular flexibility index (Phi) is 8.27. The molecule has 0 radical (unpaired) electrons. The molecule has 1 N–H and O–H groups in total. The third kappa shape index (κ3) is 7.21. The van der Waals surface area contributed by atoms with Crippen LogP contribution < -0.4 is 5.32 Å². The number of carbonyl (C=O) groups excluding carboxylic acids is 2. The SMILES string of the molecule is CCCCN(CC(=O)Nc1cc(C(C)(C)C)nn1-c1ccccc1C)C(=O)CC(C)(C)C. The Morgan fingerprint density at radius 3 is 2.31 bits per heavy atom. The Morgan fingerprint density at radius 2 is 1.75 bits per heavy atom. The lowest BCUT2D eigenvalue weighted by Gasteiger charge is -2.26. The molecule has 2 amide bonds. The van der Waals surface area contributed by atoms with E-state index in [0.717, 1.165) is 29.8 Å². The number of nitrogens with zero attached hydrogens (tertiary/aromatic N) is 3. The van der Waals surface area contributed by atoms with Gasteiger partial charge >= 0.3 is 0 Å². The molecule has 2 aromatic rings. The summed E-state index contributed by atoms with van der Waals surface area (Å²) in [5.74, 6) is 0.426. The maximum Gasteiger partial charge on any atom is 0.245 e. The molecule has 0 atom stereocenters. The van der Waals surface area contributed by atoms with Crippen LogP contribution in [0.3, 0.4) is 0 Å². The predicted molar refractivity (Wildman–Crippen MR) is 131 cm³/mol. The Labute approximate surface area is 193 Å². The highest BCUT2D eigenvalue weighted by molar-refractivity contribution is 5.94. The van der Waals surface area contributed by atoms with Gasteiger partial charge in [0.15, 0.2) is 0 Å². The fraction of sp³-hybridized carbons (Fsp3) is 0.577. The van der Waals surface area contributed by atoms with E-state index in [4.69, 9.17) is 5.10 Å². The number of rotatable bonds is 8. The number of hydrogen-bond donors (Lipinski definition) is 1. The number of carbonyl (C=O) groups is 2. The number of aryl methyl sites for hydroxylation is 1. The van der Waals surface area contributed by atoms with Gasteiger partial charge in [-0.3, -0.25) is 9.59 Å². The summed E-state index contributed by atoms with van der Waals surface area (Å²) >= 11 is 0. The standard InChI is InChI=1S/C26H40N4O2/c1-9-10-15-29(24(32)17-25(3,4)5)18-23(31)27-22-16-21(26(6,7)8)28-30(22)20-14-12-11-13-19(20)2/h11-14,16H,9-10,15,17-18H2,1-8H3,(H,27,31). The van der Waals surface area contributed by atoms with Crippen molar-refractivity contribution in [3.05, 3.63) is 41.6 Å². The summed E-state index contributed by atoms with van der Waals surface area (Å²) in [5.41, 5.74) is 2.59. The molecular formula is C26H40N4O2. The van der Waals surface area contributed by atoms with Gasteiger partial charge in [0, 0.05) is 24.4 Å². The molecule has 6 heteroatoms. The largest absolute Gasteiger partial charge is 0.333 e. The number of nitrogens with one attached hydrogen (secondary N) is 1. The first kappa shape index (κ1) is 25.6. The van der Waals surface area contributed by atoms with E-state index in [9.17, 15) is 9.59 Å².